The molecule has 1 saturated carbocycles. The minimum Gasteiger partial charge on any atom is -0.396 e. The molecule has 0 bridgehead atoms. The summed E-state index contributed by atoms with van der Waals surface area (Å²) in [5.74, 6) is 1.19. The van der Waals surface area contributed by atoms with Gasteiger partial charge in [-0.15, -0.1) is 0 Å². The summed E-state index contributed by atoms with van der Waals surface area (Å²) in [5, 5.41) is 12.6. The second kappa shape index (κ2) is 4.78. The maximum Gasteiger partial charge on any atom is 0.145 e. The molecule has 0 aliphatic heterocycles. The standard InChI is InChI=1S/C12H19N3O/c1-8-9(2)14-12(6-13-8)15-11-5-3-4-10(11)7-16/h6,10-11,16H,3-5,7H2,1-2H3,(H,14,15). The molecule has 0 saturated heterocycles. The van der Waals surface area contributed by atoms with Gasteiger partial charge in [0, 0.05) is 18.6 Å². The van der Waals surface area contributed by atoms with Crippen molar-refractivity contribution in [3.05, 3.63) is 17.6 Å². The van der Waals surface area contributed by atoms with E-state index in [0.29, 0.717) is 12.0 Å². The Morgan fingerprint density at radius 3 is 2.88 bits per heavy atom. The zero-order chi connectivity index (χ0) is 11.5. The fourth-order valence-electron chi connectivity index (χ4n) is 2.25. The first kappa shape index (κ1) is 11.3. The Morgan fingerprint density at radius 1 is 1.38 bits per heavy atom. The molecule has 0 aromatic carbocycles. The lowest BCUT2D eigenvalue weighted by Crippen LogP contribution is -2.27. The van der Waals surface area contributed by atoms with Crippen molar-refractivity contribution >= 4 is 5.82 Å². The fraction of sp³-hybridized carbons (Fsp3) is 0.667. The summed E-state index contributed by atoms with van der Waals surface area (Å²) in [5.41, 5.74) is 1.93. The third kappa shape index (κ3) is 2.32. The van der Waals surface area contributed by atoms with Crippen LogP contribution in [-0.4, -0.2) is 27.7 Å². The van der Waals surface area contributed by atoms with Gasteiger partial charge in [-0.3, -0.25) is 4.98 Å². The highest BCUT2D eigenvalue weighted by atomic mass is 16.3. The van der Waals surface area contributed by atoms with Gasteiger partial charge in [0.2, 0.25) is 0 Å². The van der Waals surface area contributed by atoms with Gasteiger partial charge in [-0.1, -0.05) is 6.42 Å². The molecule has 1 fully saturated rings. The van der Waals surface area contributed by atoms with Crippen LogP contribution >= 0.6 is 0 Å². The number of aliphatic hydroxyl groups is 1. The zero-order valence-electron chi connectivity index (χ0n) is 9.90. The number of nitrogens with zero attached hydrogens (tertiary/aromatic N) is 2. The highest BCUT2D eigenvalue weighted by Crippen LogP contribution is 2.27. The maximum atomic E-state index is 9.24. The molecule has 88 valence electrons. The van der Waals surface area contributed by atoms with Crippen LogP contribution in [0.15, 0.2) is 6.20 Å². The quantitative estimate of drug-likeness (QED) is 0.815. The van der Waals surface area contributed by atoms with Crippen molar-refractivity contribution < 1.29 is 5.11 Å². The van der Waals surface area contributed by atoms with Crippen molar-refractivity contribution in [1.82, 2.24) is 9.97 Å². The molecule has 1 aromatic rings. The molecule has 4 nitrogen and oxygen atoms in total. The Balaban J connectivity index is 2.05. The molecule has 0 radical (unpaired) electrons. The Kier molecular flexibility index (Phi) is 3.39. The fourth-order valence-corrected chi connectivity index (χ4v) is 2.25. The number of rotatable bonds is 3. The SMILES string of the molecule is Cc1ncc(NC2CCCC2CO)nc1C. The first-order chi connectivity index (χ1) is 7.70. The molecule has 0 spiro atoms. The number of nitrogens with one attached hydrogen (secondary N) is 1. The van der Waals surface area contributed by atoms with Gasteiger partial charge in [0.15, 0.2) is 0 Å². The molecular formula is C12H19N3O. The van der Waals surface area contributed by atoms with E-state index in [9.17, 15) is 5.11 Å². The molecule has 2 atom stereocenters. The highest BCUT2D eigenvalue weighted by Gasteiger charge is 2.26. The summed E-state index contributed by atoms with van der Waals surface area (Å²) in [6.45, 7) is 4.18. The third-order valence-corrected chi connectivity index (χ3v) is 3.42. The monoisotopic (exact) mass is 221 g/mol. The molecule has 2 rings (SSSR count). The summed E-state index contributed by atoms with van der Waals surface area (Å²) < 4.78 is 0. The Morgan fingerprint density at radius 2 is 2.19 bits per heavy atom. The van der Waals surface area contributed by atoms with Gasteiger partial charge in [-0.2, -0.15) is 0 Å². The zero-order valence-corrected chi connectivity index (χ0v) is 9.90. The number of aryl methyl sites for hydroxylation is 2. The second-order valence-corrected chi connectivity index (χ2v) is 4.55. The molecule has 1 aliphatic carbocycles. The Hall–Kier alpha value is -1.16. The number of hydrogen-bond acceptors (Lipinski definition) is 4. The lowest BCUT2D eigenvalue weighted by molar-refractivity contribution is 0.222. The first-order valence-electron chi connectivity index (χ1n) is 5.88. The molecule has 2 unspecified atom stereocenters. The summed E-state index contributed by atoms with van der Waals surface area (Å²) in [4.78, 5) is 8.73. The largest absolute Gasteiger partial charge is 0.396 e. The van der Waals surface area contributed by atoms with Crippen LogP contribution in [0.1, 0.15) is 30.7 Å². The molecular weight excluding hydrogens is 202 g/mol. The average molecular weight is 221 g/mol. The summed E-state index contributed by atoms with van der Waals surface area (Å²) in [6.07, 6.45) is 5.17. The van der Waals surface area contributed by atoms with E-state index in [-0.39, 0.29) is 6.61 Å². The Labute approximate surface area is 96.1 Å². The van der Waals surface area contributed by atoms with Gasteiger partial charge in [-0.05, 0) is 26.7 Å². The number of hydrogen-bond donors (Lipinski definition) is 2. The summed E-state index contributed by atoms with van der Waals surface area (Å²) in [7, 11) is 0. The van der Waals surface area contributed by atoms with Crippen LogP contribution in [0.25, 0.3) is 0 Å². The minimum atomic E-state index is 0.260. The van der Waals surface area contributed by atoms with Gasteiger partial charge in [0.25, 0.3) is 0 Å². The van der Waals surface area contributed by atoms with Crippen LogP contribution in [0, 0.1) is 19.8 Å². The lowest BCUT2D eigenvalue weighted by Gasteiger charge is -2.19. The van der Waals surface area contributed by atoms with Gasteiger partial charge >= 0.3 is 0 Å². The molecule has 1 heterocycles. The second-order valence-electron chi connectivity index (χ2n) is 4.55. The lowest BCUT2D eigenvalue weighted by atomic mass is 10.1. The molecule has 1 aromatic heterocycles. The molecule has 2 N–H and O–H groups in total. The van der Waals surface area contributed by atoms with Crippen molar-refractivity contribution in [2.24, 2.45) is 5.92 Å². The minimum absolute atomic E-state index is 0.260. The summed E-state index contributed by atoms with van der Waals surface area (Å²) >= 11 is 0. The predicted molar refractivity (Wildman–Crippen MR) is 63.3 cm³/mol. The predicted octanol–water partition coefficient (Wildman–Crippen LogP) is 1.67. The van der Waals surface area contributed by atoms with Crippen LogP contribution < -0.4 is 5.32 Å². The van der Waals surface area contributed by atoms with Crippen molar-refractivity contribution in [3.8, 4) is 0 Å². The van der Waals surface area contributed by atoms with Crippen LogP contribution in [0.2, 0.25) is 0 Å². The van der Waals surface area contributed by atoms with E-state index < -0.39 is 0 Å². The van der Waals surface area contributed by atoms with Gasteiger partial charge in [-0.25, -0.2) is 4.98 Å². The van der Waals surface area contributed by atoms with Crippen LogP contribution in [0.4, 0.5) is 5.82 Å². The summed E-state index contributed by atoms with van der Waals surface area (Å²) in [6, 6.07) is 0.349. The van der Waals surface area contributed by atoms with Crippen LogP contribution in [0.3, 0.4) is 0 Å². The van der Waals surface area contributed by atoms with E-state index in [0.717, 1.165) is 30.0 Å². The van der Waals surface area contributed by atoms with Crippen LogP contribution in [-0.2, 0) is 0 Å². The number of aliphatic hydroxyl groups excluding tert-OH is 1. The number of aromatic nitrogens is 2. The molecule has 4 heteroatoms. The first-order valence-corrected chi connectivity index (χ1v) is 5.88. The van der Waals surface area contributed by atoms with E-state index in [1.165, 1.54) is 6.42 Å². The molecule has 0 amide bonds. The number of anilines is 1. The smallest absolute Gasteiger partial charge is 0.145 e. The van der Waals surface area contributed by atoms with Crippen LogP contribution in [0.5, 0.6) is 0 Å². The van der Waals surface area contributed by atoms with E-state index >= 15 is 0 Å². The Bertz CT molecular complexity index is 367. The highest BCUT2D eigenvalue weighted by molar-refractivity contribution is 5.35. The topological polar surface area (TPSA) is 58.0 Å². The molecule has 1 aliphatic rings. The van der Waals surface area contributed by atoms with E-state index in [4.69, 9.17) is 0 Å². The van der Waals surface area contributed by atoms with Gasteiger partial charge in [0.05, 0.1) is 17.6 Å². The molecule has 16 heavy (non-hydrogen) atoms. The average Bonchev–Trinajstić information content (AvgIpc) is 2.71. The van der Waals surface area contributed by atoms with E-state index in [2.05, 4.69) is 15.3 Å². The van der Waals surface area contributed by atoms with Gasteiger partial charge in [0.1, 0.15) is 5.82 Å². The maximum absolute atomic E-state index is 9.24. The van der Waals surface area contributed by atoms with E-state index in [1.54, 1.807) is 6.20 Å². The normalized spacial score (nSPS) is 24.7. The van der Waals surface area contributed by atoms with Gasteiger partial charge < -0.3 is 10.4 Å². The third-order valence-electron chi connectivity index (χ3n) is 3.42. The van der Waals surface area contributed by atoms with Crippen molar-refractivity contribution in [2.45, 2.75) is 39.2 Å². The van der Waals surface area contributed by atoms with Crippen molar-refractivity contribution in [2.75, 3.05) is 11.9 Å². The van der Waals surface area contributed by atoms with Crippen molar-refractivity contribution in [1.29, 1.82) is 0 Å². The van der Waals surface area contributed by atoms with E-state index in [1.807, 2.05) is 13.8 Å². The van der Waals surface area contributed by atoms with Crippen molar-refractivity contribution in [3.63, 3.8) is 0 Å².